The van der Waals surface area contributed by atoms with Crippen molar-refractivity contribution in [2.45, 2.75) is 33.1 Å². The molecule has 1 aliphatic rings. The molecular formula is C18H26N6O. The zero-order valence-corrected chi connectivity index (χ0v) is 15.4. The minimum Gasteiger partial charge on any atom is -0.353 e. The third-order valence-electron chi connectivity index (χ3n) is 5.06. The third kappa shape index (κ3) is 3.50. The lowest BCUT2D eigenvalue weighted by atomic mass is 9.97. The maximum atomic E-state index is 13.1. The van der Waals surface area contributed by atoms with Gasteiger partial charge in [0.1, 0.15) is 0 Å². The van der Waals surface area contributed by atoms with E-state index >= 15 is 0 Å². The molecule has 1 aliphatic heterocycles. The van der Waals surface area contributed by atoms with Crippen molar-refractivity contribution >= 4 is 11.7 Å². The highest BCUT2D eigenvalue weighted by atomic mass is 16.2. The number of carbonyl (C=O) groups excluding carboxylic acids is 1. The van der Waals surface area contributed by atoms with Gasteiger partial charge < -0.3 is 9.80 Å². The van der Waals surface area contributed by atoms with Crippen molar-refractivity contribution in [3.05, 3.63) is 35.3 Å². The summed E-state index contributed by atoms with van der Waals surface area (Å²) in [6.07, 6.45) is 2.61. The van der Waals surface area contributed by atoms with Gasteiger partial charge in [0, 0.05) is 50.7 Å². The van der Waals surface area contributed by atoms with Crippen LogP contribution in [0.4, 0.5) is 5.82 Å². The molecule has 0 saturated carbocycles. The molecule has 0 bridgehead atoms. The normalized spacial score (nSPS) is 16.6. The van der Waals surface area contributed by atoms with Crippen molar-refractivity contribution in [2.24, 2.45) is 7.05 Å². The van der Waals surface area contributed by atoms with Gasteiger partial charge in [-0.3, -0.25) is 9.48 Å². The standard InChI is InChI=1S/C18H26N6O/c1-13(17-14(2)21-22(4)15(17)3)18(25)24-10-6-9-23(11-12-24)16-7-5-8-19-20-16/h5,7-8,13H,6,9-12H2,1-4H3/t13-/m1/s1. The highest BCUT2D eigenvalue weighted by Crippen LogP contribution is 2.25. The Hall–Kier alpha value is -2.44. The Morgan fingerprint density at radius 3 is 2.64 bits per heavy atom. The number of nitrogens with zero attached hydrogens (tertiary/aromatic N) is 6. The molecule has 7 heteroatoms. The van der Waals surface area contributed by atoms with E-state index in [0.717, 1.165) is 48.8 Å². The summed E-state index contributed by atoms with van der Waals surface area (Å²) in [4.78, 5) is 17.2. The van der Waals surface area contributed by atoms with E-state index in [0.29, 0.717) is 6.54 Å². The van der Waals surface area contributed by atoms with E-state index in [2.05, 4.69) is 20.2 Å². The van der Waals surface area contributed by atoms with Crippen LogP contribution in [-0.2, 0) is 11.8 Å². The lowest BCUT2D eigenvalue weighted by molar-refractivity contribution is -0.132. The number of amides is 1. The third-order valence-corrected chi connectivity index (χ3v) is 5.06. The van der Waals surface area contributed by atoms with Gasteiger partial charge in [-0.15, -0.1) is 5.10 Å². The first-order valence-electron chi connectivity index (χ1n) is 8.80. The number of carbonyl (C=O) groups is 1. The second-order valence-corrected chi connectivity index (χ2v) is 6.68. The summed E-state index contributed by atoms with van der Waals surface area (Å²) in [5.74, 6) is 0.890. The number of aryl methyl sites for hydroxylation is 2. The molecule has 3 rings (SSSR count). The molecule has 3 heterocycles. The summed E-state index contributed by atoms with van der Waals surface area (Å²) in [7, 11) is 1.92. The topological polar surface area (TPSA) is 67.2 Å². The Labute approximate surface area is 148 Å². The molecular weight excluding hydrogens is 316 g/mol. The fourth-order valence-corrected chi connectivity index (χ4v) is 3.64. The predicted octanol–water partition coefficient (Wildman–Crippen LogP) is 1.67. The fraction of sp³-hybridized carbons (Fsp3) is 0.556. The maximum absolute atomic E-state index is 13.1. The maximum Gasteiger partial charge on any atom is 0.230 e. The molecule has 1 fully saturated rings. The summed E-state index contributed by atoms with van der Waals surface area (Å²) >= 11 is 0. The number of aromatic nitrogens is 4. The van der Waals surface area contributed by atoms with Crippen LogP contribution in [0.25, 0.3) is 0 Å². The highest BCUT2D eigenvalue weighted by molar-refractivity contribution is 5.84. The van der Waals surface area contributed by atoms with E-state index in [1.807, 2.05) is 49.5 Å². The van der Waals surface area contributed by atoms with Crippen LogP contribution in [0.5, 0.6) is 0 Å². The summed E-state index contributed by atoms with van der Waals surface area (Å²) in [5, 5.41) is 12.6. The van der Waals surface area contributed by atoms with Crippen LogP contribution >= 0.6 is 0 Å². The molecule has 2 aromatic heterocycles. The molecule has 0 radical (unpaired) electrons. The molecule has 25 heavy (non-hydrogen) atoms. The first-order chi connectivity index (χ1) is 12.0. The molecule has 0 unspecified atom stereocenters. The minimum atomic E-state index is -0.170. The van der Waals surface area contributed by atoms with E-state index in [9.17, 15) is 4.79 Å². The average Bonchev–Trinajstić information content (AvgIpc) is 2.80. The van der Waals surface area contributed by atoms with Crippen molar-refractivity contribution in [3.63, 3.8) is 0 Å². The molecule has 0 N–H and O–H groups in total. The SMILES string of the molecule is Cc1nn(C)c(C)c1[C@@H](C)C(=O)N1CCCN(c2cccnn2)CC1. The van der Waals surface area contributed by atoms with Crippen molar-refractivity contribution in [1.82, 2.24) is 24.9 Å². The second kappa shape index (κ2) is 7.21. The molecule has 0 aliphatic carbocycles. The van der Waals surface area contributed by atoms with E-state index < -0.39 is 0 Å². The molecule has 134 valence electrons. The van der Waals surface area contributed by atoms with Gasteiger partial charge in [-0.1, -0.05) is 0 Å². The largest absolute Gasteiger partial charge is 0.353 e. The van der Waals surface area contributed by atoms with Crippen LogP contribution < -0.4 is 4.90 Å². The lowest BCUT2D eigenvalue weighted by Gasteiger charge is -2.25. The average molecular weight is 342 g/mol. The molecule has 1 saturated heterocycles. The van der Waals surface area contributed by atoms with Crippen LogP contribution in [0.1, 0.15) is 36.2 Å². The van der Waals surface area contributed by atoms with Crippen molar-refractivity contribution in [2.75, 3.05) is 31.1 Å². The number of anilines is 1. The Balaban J connectivity index is 1.71. The predicted molar refractivity (Wildman–Crippen MR) is 96.5 cm³/mol. The number of hydrogen-bond acceptors (Lipinski definition) is 5. The van der Waals surface area contributed by atoms with Gasteiger partial charge in [0.05, 0.1) is 11.6 Å². The molecule has 0 spiro atoms. The first-order valence-corrected chi connectivity index (χ1v) is 8.80. The molecule has 1 atom stereocenters. The first kappa shape index (κ1) is 17.4. The zero-order chi connectivity index (χ0) is 18.0. The molecule has 1 amide bonds. The summed E-state index contributed by atoms with van der Waals surface area (Å²) in [5.41, 5.74) is 3.06. The summed E-state index contributed by atoms with van der Waals surface area (Å²) < 4.78 is 1.85. The summed E-state index contributed by atoms with van der Waals surface area (Å²) in [6, 6.07) is 3.86. The van der Waals surface area contributed by atoms with Crippen LogP contribution in [0.15, 0.2) is 18.3 Å². The Bertz CT molecular complexity index is 742. The van der Waals surface area contributed by atoms with E-state index in [4.69, 9.17) is 0 Å². The van der Waals surface area contributed by atoms with Gasteiger partial charge >= 0.3 is 0 Å². The smallest absolute Gasteiger partial charge is 0.230 e. The van der Waals surface area contributed by atoms with Gasteiger partial charge in [-0.05, 0) is 39.3 Å². The number of rotatable bonds is 3. The van der Waals surface area contributed by atoms with E-state index in [1.54, 1.807) is 6.20 Å². The molecule has 0 aromatic carbocycles. The van der Waals surface area contributed by atoms with E-state index in [-0.39, 0.29) is 11.8 Å². The monoisotopic (exact) mass is 342 g/mol. The van der Waals surface area contributed by atoms with Gasteiger partial charge in [0.25, 0.3) is 0 Å². The van der Waals surface area contributed by atoms with Crippen molar-refractivity contribution in [1.29, 1.82) is 0 Å². The van der Waals surface area contributed by atoms with Crippen molar-refractivity contribution < 1.29 is 4.79 Å². The quantitative estimate of drug-likeness (QED) is 0.849. The molecule has 7 nitrogen and oxygen atoms in total. The van der Waals surface area contributed by atoms with Crippen molar-refractivity contribution in [3.8, 4) is 0 Å². The fourth-order valence-electron chi connectivity index (χ4n) is 3.64. The van der Waals surface area contributed by atoms with Gasteiger partial charge in [0.15, 0.2) is 5.82 Å². The van der Waals surface area contributed by atoms with Gasteiger partial charge in [0.2, 0.25) is 5.91 Å². The molecule has 2 aromatic rings. The number of hydrogen-bond donors (Lipinski definition) is 0. The lowest BCUT2D eigenvalue weighted by Crippen LogP contribution is -2.38. The zero-order valence-electron chi connectivity index (χ0n) is 15.4. The van der Waals surface area contributed by atoms with Crippen LogP contribution in [0.3, 0.4) is 0 Å². The Kier molecular flexibility index (Phi) is 5.01. The van der Waals surface area contributed by atoms with Crippen LogP contribution in [-0.4, -0.2) is 57.0 Å². The highest BCUT2D eigenvalue weighted by Gasteiger charge is 2.28. The van der Waals surface area contributed by atoms with Crippen LogP contribution in [0, 0.1) is 13.8 Å². The van der Waals surface area contributed by atoms with Gasteiger partial charge in [-0.25, -0.2) is 0 Å². The van der Waals surface area contributed by atoms with Crippen LogP contribution in [0.2, 0.25) is 0 Å². The van der Waals surface area contributed by atoms with E-state index in [1.165, 1.54) is 0 Å². The Morgan fingerprint density at radius 1 is 1.20 bits per heavy atom. The summed E-state index contributed by atoms with van der Waals surface area (Å²) in [6.45, 7) is 9.15. The Morgan fingerprint density at radius 2 is 2.00 bits per heavy atom. The van der Waals surface area contributed by atoms with Gasteiger partial charge in [-0.2, -0.15) is 10.2 Å². The minimum absolute atomic E-state index is 0.170. The second-order valence-electron chi connectivity index (χ2n) is 6.68.